The van der Waals surface area contributed by atoms with Crippen LogP contribution in [0.4, 0.5) is 0 Å². The van der Waals surface area contributed by atoms with Crippen molar-refractivity contribution in [2.75, 3.05) is 26.9 Å². The Morgan fingerprint density at radius 3 is 3.05 bits per heavy atom. The largest absolute Gasteiger partial charge is 0.497 e. The van der Waals surface area contributed by atoms with Crippen molar-refractivity contribution in [3.05, 3.63) is 29.8 Å². The first-order valence-corrected chi connectivity index (χ1v) is 7.21. The summed E-state index contributed by atoms with van der Waals surface area (Å²) in [6, 6.07) is 7.85. The summed E-state index contributed by atoms with van der Waals surface area (Å²) in [4.78, 5) is 12.4. The number of Topliss-reactive ketones (excluding diaryl/α,β-unsaturated/α-hetero) is 1. The molecule has 1 aliphatic heterocycles. The van der Waals surface area contributed by atoms with Crippen LogP contribution in [-0.4, -0.2) is 38.7 Å². The number of ketones is 1. The Morgan fingerprint density at radius 2 is 2.30 bits per heavy atom. The number of methoxy groups -OCH3 is 1. The van der Waals surface area contributed by atoms with Gasteiger partial charge in [-0.05, 0) is 30.7 Å². The Labute approximate surface area is 120 Å². The quantitative estimate of drug-likeness (QED) is 0.826. The van der Waals surface area contributed by atoms with Gasteiger partial charge in [0, 0.05) is 12.5 Å². The molecule has 1 aliphatic rings. The lowest BCUT2D eigenvalue weighted by atomic mass is 9.93. The van der Waals surface area contributed by atoms with Crippen molar-refractivity contribution in [3.63, 3.8) is 0 Å². The van der Waals surface area contributed by atoms with Gasteiger partial charge >= 0.3 is 0 Å². The Kier molecular flexibility index (Phi) is 5.56. The zero-order chi connectivity index (χ0) is 14.4. The first kappa shape index (κ1) is 15.0. The number of carbonyl (C=O) groups is 1. The Morgan fingerprint density at radius 1 is 1.45 bits per heavy atom. The number of benzene rings is 1. The van der Waals surface area contributed by atoms with Gasteiger partial charge in [0.05, 0.1) is 26.2 Å². The van der Waals surface area contributed by atoms with E-state index in [1.807, 2.05) is 24.3 Å². The van der Waals surface area contributed by atoms with E-state index in [1.54, 1.807) is 7.11 Å². The van der Waals surface area contributed by atoms with E-state index in [9.17, 15) is 4.79 Å². The van der Waals surface area contributed by atoms with E-state index >= 15 is 0 Å². The molecular weight excluding hydrogens is 254 g/mol. The van der Waals surface area contributed by atoms with E-state index in [-0.39, 0.29) is 17.7 Å². The summed E-state index contributed by atoms with van der Waals surface area (Å²) < 4.78 is 10.7. The lowest BCUT2D eigenvalue weighted by molar-refractivity contribution is -0.122. The van der Waals surface area contributed by atoms with Gasteiger partial charge in [-0.2, -0.15) is 0 Å². The van der Waals surface area contributed by atoms with Gasteiger partial charge in [0.1, 0.15) is 11.5 Å². The normalized spacial score (nSPS) is 21.9. The Hall–Kier alpha value is -1.39. The molecule has 1 saturated heterocycles. The van der Waals surface area contributed by atoms with Crippen LogP contribution < -0.4 is 10.1 Å². The minimum atomic E-state index is -0.0345. The molecule has 2 unspecified atom stereocenters. The summed E-state index contributed by atoms with van der Waals surface area (Å²) in [6.07, 6.45) is 1.50. The highest BCUT2D eigenvalue weighted by atomic mass is 16.5. The van der Waals surface area contributed by atoms with Crippen LogP contribution in [0.5, 0.6) is 5.75 Å². The summed E-state index contributed by atoms with van der Waals surface area (Å²) in [6.45, 7) is 4.21. The van der Waals surface area contributed by atoms with Gasteiger partial charge in [-0.15, -0.1) is 0 Å². The SMILES string of the molecule is CCCNC1COCC1C(=O)Cc1cccc(OC)c1. The molecule has 0 amide bonds. The van der Waals surface area contributed by atoms with E-state index in [0.717, 1.165) is 24.3 Å². The van der Waals surface area contributed by atoms with Crippen molar-refractivity contribution in [1.82, 2.24) is 5.32 Å². The molecule has 1 fully saturated rings. The second-order valence-electron chi connectivity index (χ2n) is 5.20. The van der Waals surface area contributed by atoms with Crippen molar-refractivity contribution in [3.8, 4) is 5.75 Å². The average molecular weight is 277 g/mol. The van der Waals surface area contributed by atoms with Crippen molar-refractivity contribution < 1.29 is 14.3 Å². The molecule has 20 heavy (non-hydrogen) atoms. The predicted octanol–water partition coefficient (Wildman–Crippen LogP) is 1.82. The van der Waals surface area contributed by atoms with Crippen LogP contribution in [0.15, 0.2) is 24.3 Å². The van der Waals surface area contributed by atoms with Crippen LogP contribution >= 0.6 is 0 Å². The molecule has 110 valence electrons. The van der Waals surface area contributed by atoms with Gasteiger partial charge < -0.3 is 14.8 Å². The molecule has 0 radical (unpaired) electrons. The fourth-order valence-electron chi connectivity index (χ4n) is 2.52. The average Bonchev–Trinajstić information content (AvgIpc) is 2.93. The van der Waals surface area contributed by atoms with E-state index in [1.165, 1.54) is 0 Å². The molecule has 0 aliphatic carbocycles. The highest BCUT2D eigenvalue weighted by Gasteiger charge is 2.33. The molecule has 1 heterocycles. The van der Waals surface area contributed by atoms with Gasteiger partial charge in [-0.25, -0.2) is 0 Å². The van der Waals surface area contributed by atoms with E-state index in [0.29, 0.717) is 19.6 Å². The van der Waals surface area contributed by atoms with Crippen LogP contribution in [0.1, 0.15) is 18.9 Å². The summed E-state index contributed by atoms with van der Waals surface area (Å²) in [7, 11) is 1.64. The number of rotatable bonds is 7. The number of hydrogen-bond acceptors (Lipinski definition) is 4. The second-order valence-corrected chi connectivity index (χ2v) is 5.20. The number of nitrogens with one attached hydrogen (secondary N) is 1. The van der Waals surface area contributed by atoms with Crippen LogP contribution in [-0.2, 0) is 16.0 Å². The minimum Gasteiger partial charge on any atom is -0.497 e. The standard InChI is InChI=1S/C16H23NO3/c1-3-7-17-15-11-20-10-14(15)16(18)9-12-5-4-6-13(8-12)19-2/h4-6,8,14-15,17H,3,7,9-11H2,1-2H3. The van der Waals surface area contributed by atoms with Crippen molar-refractivity contribution in [2.24, 2.45) is 5.92 Å². The summed E-state index contributed by atoms with van der Waals surface area (Å²) in [5.74, 6) is 0.996. The van der Waals surface area contributed by atoms with Gasteiger partial charge in [-0.1, -0.05) is 19.1 Å². The number of hydrogen-bond donors (Lipinski definition) is 1. The second kappa shape index (κ2) is 7.41. The molecule has 2 rings (SSSR count). The van der Waals surface area contributed by atoms with Crippen molar-refractivity contribution in [2.45, 2.75) is 25.8 Å². The third-order valence-electron chi connectivity index (χ3n) is 3.66. The molecule has 1 aromatic carbocycles. The fraction of sp³-hybridized carbons (Fsp3) is 0.562. The first-order valence-electron chi connectivity index (χ1n) is 7.21. The third-order valence-corrected chi connectivity index (χ3v) is 3.66. The maximum absolute atomic E-state index is 12.4. The summed E-state index contributed by atoms with van der Waals surface area (Å²) in [5.41, 5.74) is 0.996. The van der Waals surface area contributed by atoms with Crippen LogP contribution in [0, 0.1) is 5.92 Å². The van der Waals surface area contributed by atoms with Crippen LogP contribution in [0.25, 0.3) is 0 Å². The minimum absolute atomic E-state index is 0.0345. The lowest BCUT2D eigenvalue weighted by Crippen LogP contribution is -2.40. The van der Waals surface area contributed by atoms with Crippen molar-refractivity contribution >= 4 is 5.78 Å². The molecule has 0 saturated carbocycles. The fourth-order valence-corrected chi connectivity index (χ4v) is 2.52. The molecule has 1 N–H and O–H groups in total. The number of ether oxygens (including phenoxy) is 2. The van der Waals surface area contributed by atoms with E-state index in [2.05, 4.69) is 12.2 Å². The molecule has 4 heteroatoms. The van der Waals surface area contributed by atoms with Crippen LogP contribution in [0.3, 0.4) is 0 Å². The number of carbonyl (C=O) groups excluding carboxylic acids is 1. The highest BCUT2D eigenvalue weighted by molar-refractivity contribution is 5.84. The monoisotopic (exact) mass is 277 g/mol. The van der Waals surface area contributed by atoms with Gasteiger partial charge in [0.15, 0.2) is 0 Å². The Bertz CT molecular complexity index is 447. The zero-order valence-electron chi connectivity index (χ0n) is 12.2. The molecule has 0 aromatic heterocycles. The smallest absolute Gasteiger partial charge is 0.144 e. The maximum atomic E-state index is 12.4. The third kappa shape index (κ3) is 3.81. The van der Waals surface area contributed by atoms with E-state index < -0.39 is 0 Å². The van der Waals surface area contributed by atoms with Gasteiger partial charge in [-0.3, -0.25) is 4.79 Å². The van der Waals surface area contributed by atoms with E-state index in [4.69, 9.17) is 9.47 Å². The molecule has 0 bridgehead atoms. The summed E-state index contributed by atoms with van der Waals surface area (Å²) in [5, 5.41) is 3.40. The molecule has 2 atom stereocenters. The Balaban J connectivity index is 1.96. The first-order chi connectivity index (χ1) is 9.74. The molecule has 0 spiro atoms. The topological polar surface area (TPSA) is 47.6 Å². The molecular formula is C16H23NO3. The molecule has 4 nitrogen and oxygen atoms in total. The highest BCUT2D eigenvalue weighted by Crippen LogP contribution is 2.19. The maximum Gasteiger partial charge on any atom is 0.144 e. The van der Waals surface area contributed by atoms with Crippen molar-refractivity contribution in [1.29, 1.82) is 0 Å². The van der Waals surface area contributed by atoms with Crippen LogP contribution in [0.2, 0.25) is 0 Å². The van der Waals surface area contributed by atoms with Gasteiger partial charge in [0.25, 0.3) is 0 Å². The predicted molar refractivity (Wildman–Crippen MR) is 78.1 cm³/mol. The lowest BCUT2D eigenvalue weighted by Gasteiger charge is -2.17. The van der Waals surface area contributed by atoms with Gasteiger partial charge in [0.2, 0.25) is 0 Å². The summed E-state index contributed by atoms with van der Waals surface area (Å²) >= 11 is 0. The molecule has 1 aromatic rings. The zero-order valence-corrected chi connectivity index (χ0v) is 12.2.